The Bertz CT molecular complexity index is 662. The molecule has 2 rings (SSSR count). The van der Waals surface area contributed by atoms with Crippen molar-refractivity contribution in [3.05, 3.63) is 51.7 Å². The second-order valence-corrected chi connectivity index (χ2v) is 5.86. The molecule has 2 aromatic rings. The van der Waals surface area contributed by atoms with Crippen LogP contribution in [0.4, 0.5) is 5.69 Å². The Morgan fingerprint density at radius 3 is 2.76 bits per heavy atom. The number of carbonyl (C=O) groups is 1. The summed E-state index contributed by atoms with van der Waals surface area (Å²) in [5.74, 6) is 0.278. The highest BCUT2D eigenvalue weighted by Crippen LogP contribution is 2.28. The molecule has 0 aliphatic rings. The van der Waals surface area contributed by atoms with E-state index in [2.05, 4.69) is 26.2 Å². The van der Waals surface area contributed by atoms with E-state index >= 15 is 0 Å². The van der Waals surface area contributed by atoms with Gasteiger partial charge in [-0.15, -0.1) is 0 Å². The van der Waals surface area contributed by atoms with E-state index in [1.165, 1.54) is 0 Å². The van der Waals surface area contributed by atoms with Crippen LogP contribution in [0.2, 0.25) is 5.02 Å². The Morgan fingerprint density at radius 2 is 2.14 bits per heavy atom. The first-order valence-electron chi connectivity index (χ1n) is 6.35. The third-order valence-corrected chi connectivity index (χ3v) is 3.46. The molecule has 6 heteroatoms. The summed E-state index contributed by atoms with van der Waals surface area (Å²) in [5, 5.41) is 3.19. The molecule has 0 fully saturated rings. The quantitative estimate of drug-likeness (QED) is 0.861. The summed E-state index contributed by atoms with van der Waals surface area (Å²) in [6, 6.07) is 8.61. The third kappa shape index (κ3) is 4.19. The zero-order chi connectivity index (χ0) is 15.4. The van der Waals surface area contributed by atoms with Gasteiger partial charge in [-0.25, -0.2) is 4.98 Å². The number of anilines is 1. The fraction of sp³-hybridized carbons (Fsp3) is 0.200. The maximum Gasteiger partial charge on any atom is 0.275 e. The number of amides is 1. The summed E-state index contributed by atoms with van der Waals surface area (Å²) in [6.45, 7) is 3.84. The molecule has 0 saturated carbocycles. The van der Waals surface area contributed by atoms with Gasteiger partial charge in [0, 0.05) is 16.4 Å². The Kier molecular flexibility index (Phi) is 5.20. The highest BCUT2D eigenvalue weighted by molar-refractivity contribution is 9.10. The van der Waals surface area contributed by atoms with Crippen molar-refractivity contribution in [1.82, 2.24) is 4.98 Å². The number of ether oxygens (including phenoxy) is 1. The van der Waals surface area contributed by atoms with Gasteiger partial charge < -0.3 is 10.1 Å². The van der Waals surface area contributed by atoms with Crippen molar-refractivity contribution in [3.8, 4) is 5.75 Å². The van der Waals surface area contributed by atoms with E-state index in [4.69, 9.17) is 16.3 Å². The largest absolute Gasteiger partial charge is 0.489 e. The molecular weight excluding hydrogens is 356 g/mol. The number of halogens is 2. The van der Waals surface area contributed by atoms with Crippen molar-refractivity contribution >= 4 is 39.1 Å². The maximum absolute atomic E-state index is 12.1. The van der Waals surface area contributed by atoms with Crippen LogP contribution in [-0.4, -0.2) is 17.0 Å². The molecule has 0 radical (unpaired) electrons. The summed E-state index contributed by atoms with van der Waals surface area (Å²) in [6.07, 6.45) is 1.60. The summed E-state index contributed by atoms with van der Waals surface area (Å²) < 4.78 is 6.18. The highest BCUT2D eigenvalue weighted by Gasteiger charge is 2.12. The van der Waals surface area contributed by atoms with Crippen LogP contribution < -0.4 is 10.1 Å². The van der Waals surface area contributed by atoms with Gasteiger partial charge >= 0.3 is 0 Å². The molecule has 0 bridgehead atoms. The van der Waals surface area contributed by atoms with E-state index in [1.807, 2.05) is 13.8 Å². The van der Waals surface area contributed by atoms with Crippen molar-refractivity contribution in [2.45, 2.75) is 20.0 Å². The summed E-state index contributed by atoms with van der Waals surface area (Å²) in [7, 11) is 0. The molecule has 1 amide bonds. The fourth-order valence-corrected chi connectivity index (χ4v) is 2.33. The van der Waals surface area contributed by atoms with Crippen LogP contribution in [0.15, 0.2) is 41.0 Å². The van der Waals surface area contributed by atoms with Crippen molar-refractivity contribution in [2.75, 3.05) is 5.32 Å². The lowest BCUT2D eigenvalue weighted by Crippen LogP contribution is -2.14. The minimum atomic E-state index is -0.309. The zero-order valence-electron chi connectivity index (χ0n) is 11.6. The lowest BCUT2D eigenvalue weighted by Gasteiger charge is -2.12. The summed E-state index contributed by atoms with van der Waals surface area (Å²) >= 11 is 9.43. The smallest absolute Gasteiger partial charge is 0.275 e. The number of hydrogen-bond donors (Lipinski definition) is 1. The SMILES string of the molecule is CC(C)Oc1ccc(NC(=O)c2ncccc2Br)cc1Cl. The van der Waals surface area contributed by atoms with Crippen LogP contribution in [0.5, 0.6) is 5.75 Å². The molecule has 21 heavy (non-hydrogen) atoms. The van der Waals surface area contributed by atoms with Gasteiger partial charge in [0.05, 0.1) is 11.1 Å². The zero-order valence-corrected chi connectivity index (χ0v) is 13.9. The molecule has 1 aromatic heterocycles. The van der Waals surface area contributed by atoms with E-state index in [0.717, 1.165) is 0 Å². The van der Waals surface area contributed by atoms with Gasteiger partial charge in [0.15, 0.2) is 0 Å². The average Bonchev–Trinajstić information content (AvgIpc) is 2.42. The molecule has 1 heterocycles. The highest BCUT2D eigenvalue weighted by atomic mass is 79.9. The predicted molar refractivity (Wildman–Crippen MR) is 87.1 cm³/mol. The van der Waals surface area contributed by atoms with Gasteiger partial charge in [0.2, 0.25) is 0 Å². The first-order valence-corrected chi connectivity index (χ1v) is 7.52. The number of nitrogens with one attached hydrogen (secondary N) is 1. The first kappa shape index (κ1) is 15.8. The molecule has 0 aliphatic carbocycles. The molecule has 0 spiro atoms. The van der Waals surface area contributed by atoms with E-state index < -0.39 is 0 Å². The van der Waals surface area contributed by atoms with Gasteiger partial charge in [0.1, 0.15) is 11.4 Å². The van der Waals surface area contributed by atoms with Crippen molar-refractivity contribution < 1.29 is 9.53 Å². The summed E-state index contributed by atoms with van der Waals surface area (Å²) in [5.41, 5.74) is 0.898. The number of rotatable bonds is 4. The van der Waals surface area contributed by atoms with Crippen LogP contribution >= 0.6 is 27.5 Å². The van der Waals surface area contributed by atoms with Gasteiger partial charge in [-0.2, -0.15) is 0 Å². The van der Waals surface area contributed by atoms with Crippen LogP contribution in [0.1, 0.15) is 24.3 Å². The van der Waals surface area contributed by atoms with E-state index in [1.54, 1.807) is 36.5 Å². The third-order valence-electron chi connectivity index (χ3n) is 2.53. The molecule has 110 valence electrons. The normalized spacial score (nSPS) is 10.5. The topological polar surface area (TPSA) is 51.2 Å². The number of nitrogens with zero attached hydrogens (tertiary/aromatic N) is 1. The molecule has 1 N–H and O–H groups in total. The van der Waals surface area contributed by atoms with Crippen LogP contribution in [0.25, 0.3) is 0 Å². The Morgan fingerprint density at radius 1 is 1.38 bits per heavy atom. The Balaban J connectivity index is 2.15. The molecule has 4 nitrogen and oxygen atoms in total. The molecular formula is C15H14BrClN2O2. The maximum atomic E-state index is 12.1. The standard InChI is InChI=1S/C15H14BrClN2O2/c1-9(2)21-13-6-5-10(8-12(13)17)19-15(20)14-11(16)4-3-7-18-14/h3-9H,1-2H3,(H,19,20). The predicted octanol–water partition coefficient (Wildman–Crippen LogP) is 4.54. The van der Waals surface area contributed by atoms with E-state index in [9.17, 15) is 4.79 Å². The van der Waals surface area contributed by atoms with Crippen molar-refractivity contribution in [3.63, 3.8) is 0 Å². The van der Waals surface area contributed by atoms with Gasteiger partial charge in [-0.05, 0) is 60.1 Å². The van der Waals surface area contributed by atoms with Gasteiger partial charge in [0.25, 0.3) is 5.91 Å². The van der Waals surface area contributed by atoms with Crippen LogP contribution in [-0.2, 0) is 0 Å². The van der Waals surface area contributed by atoms with Crippen LogP contribution in [0.3, 0.4) is 0 Å². The number of aromatic nitrogens is 1. The minimum Gasteiger partial charge on any atom is -0.489 e. The second kappa shape index (κ2) is 6.91. The van der Waals surface area contributed by atoms with Gasteiger partial charge in [-0.1, -0.05) is 11.6 Å². The second-order valence-electron chi connectivity index (χ2n) is 4.60. The summed E-state index contributed by atoms with van der Waals surface area (Å²) in [4.78, 5) is 16.2. The monoisotopic (exact) mass is 368 g/mol. The van der Waals surface area contributed by atoms with Gasteiger partial charge in [-0.3, -0.25) is 4.79 Å². The number of carbonyl (C=O) groups excluding carboxylic acids is 1. The van der Waals surface area contributed by atoms with Crippen LogP contribution in [0, 0.1) is 0 Å². The first-order chi connectivity index (χ1) is 9.97. The Hall–Kier alpha value is -1.59. The molecule has 0 atom stereocenters. The average molecular weight is 370 g/mol. The van der Waals surface area contributed by atoms with E-state index in [0.29, 0.717) is 26.6 Å². The fourth-order valence-electron chi connectivity index (χ4n) is 1.67. The minimum absolute atomic E-state index is 0.0346. The lowest BCUT2D eigenvalue weighted by molar-refractivity contribution is 0.102. The Labute approximate surface area is 136 Å². The van der Waals surface area contributed by atoms with Crippen molar-refractivity contribution in [1.29, 1.82) is 0 Å². The van der Waals surface area contributed by atoms with Crippen molar-refractivity contribution in [2.24, 2.45) is 0 Å². The molecule has 0 unspecified atom stereocenters. The number of pyridine rings is 1. The molecule has 0 aliphatic heterocycles. The van der Waals surface area contributed by atoms with E-state index in [-0.39, 0.29) is 12.0 Å². The molecule has 0 saturated heterocycles. The lowest BCUT2D eigenvalue weighted by atomic mass is 10.2. The number of hydrogen-bond acceptors (Lipinski definition) is 3. The number of benzene rings is 1. The molecule has 1 aromatic carbocycles.